The van der Waals surface area contributed by atoms with Crippen molar-refractivity contribution < 1.29 is 65.1 Å². The van der Waals surface area contributed by atoms with Gasteiger partial charge < -0.3 is 65.0 Å². The van der Waals surface area contributed by atoms with E-state index in [1.807, 2.05) is 0 Å². The maximum atomic E-state index is 13.2. The molecule has 2 aliphatic carbocycles. The summed E-state index contributed by atoms with van der Waals surface area (Å²) in [5.41, 5.74) is 2.51. The third-order valence-corrected chi connectivity index (χ3v) is 13.7. The van der Waals surface area contributed by atoms with Crippen molar-refractivity contribution in [2.45, 2.75) is 83.5 Å². The van der Waals surface area contributed by atoms with E-state index in [0.29, 0.717) is 41.4 Å². The molecule has 7 amide bonds. The molecule has 5 heterocycles. The Morgan fingerprint density at radius 3 is 1.75 bits per heavy atom. The van der Waals surface area contributed by atoms with Crippen LogP contribution in [-0.4, -0.2) is 144 Å². The minimum atomic E-state index is -0.407. The average molecular weight is 1150 g/mol. The molecule has 80 heavy (non-hydrogen) atoms. The first kappa shape index (κ1) is 63.1. The molecule has 0 saturated heterocycles. The fraction of sp³-hybridized carbons (Fsp3) is 0.519. The quantitative estimate of drug-likeness (QED) is 0.0217. The largest absolute Gasteiger partial charge is 0.355 e. The second-order valence-corrected chi connectivity index (χ2v) is 20.6. The number of hydrogen-bond acceptors (Lipinski definition) is 12. The van der Waals surface area contributed by atoms with Gasteiger partial charge in [-0.15, -0.1) is 0 Å². The molecule has 0 atom stereocenters. The molecule has 8 N–H and O–H groups in total. The number of aryl methyl sites for hydroxylation is 5. The van der Waals surface area contributed by atoms with Crippen LogP contribution in [0.4, 0.5) is 11.5 Å². The number of rotatable bonds is 26. The summed E-state index contributed by atoms with van der Waals surface area (Å²) in [5, 5.41) is 19.4. The number of nitrogens with one attached hydrogen (secondary N) is 8. The first-order chi connectivity index (χ1) is 37.8. The molecule has 5 aromatic heterocycles. The zero-order valence-corrected chi connectivity index (χ0v) is 47.9. The summed E-state index contributed by atoms with van der Waals surface area (Å²) in [6.45, 7) is 2.56. The molecule has 25 nitrogen and oxygen atoms in total. The Labute approximate surface area is 476 Å². The molecule has 2 fully saturated rings. The van der Waals surface area contributed by atoms with E-state index in [1.54, 1.807) is 90.4 Å². The van der Waals surface area contributed by atoms with Crippen molar-refractivity contribution in [3.8, 4) is 0 Å². The summed E-state index contributed by atoms with van der Waals surface area (Å²) < 4.78 is 8.05. The van der Waals surface area contributed by atoms with Crippen LogP contribution in [0.1, 0.15) is 135 Å². The molecular formula is C54H77FeN16O9+. The fourth-order valence-electron chi connectivity index (χ4n) is 9.52. The van der Waals surface area contributed by atoms with E-state index in [1.165, 1.54) is 21.9 Å². The van der Waals surface area contributed by atoms with Crippen molar-refractivity contribution in [3.05, 3.63) is 89.4 Å². The summed E-state index contributed by atoms with van der Waals surface area (Å²) in [4.78, 5) is 126. The molecular weight excluding hydrogens is 1070 g/mol. The molecule has 0 aromatic carbocycles. The van der Waals surface area contributed by atoms with E-state index < -0.39 is 5.91 Å². The van der Waals surface area contributed by atoms with Gasteiger partial charge in [-0.05, 0) is 43.4 Å². The van der Waals surface area contributed by atoms with Crippen LogP contribution in [0.5, 0.6) is 0 Å². The number of aromatic nitrogens is 8. The monoisotopic (exact) mass is 1150 g/mol. The number of nitrogens with zero attached hydrogens (tertiary/aromatic N) is 8. The van der Waals surface area contributed by atoms with Gasteiger partial charge in [0.2, 0.25) is 35.2 Å². The maximum Gasteiger partial charge on any atom is 0.287 e. The topological polar surface area (TPSA) is 306 Å². The van der Waals surface area contributed by atoms with Crippen molar-refractivity contribution >= 4 is 64.4 Å². The van der Waals surface area contributed by atoms with Crippen molar-refractivity contribution in [1.29, 1.82) is 0 Å². The number of anilines is 2. The van der Waals surface area contributed by atoms with Gasteiger partial charge in [-0.1, -0.05) is 25.7 Å². The van der Waals surface area contributed by atoms with E-state index in [9.17, 15) is 43.2 Å². The SMILES string of the molecule is Cn1cc(NC(=O)CCNC(=O)C2CCCC2)cc1C(=O)Cc1cn(C)c(C(=O)Cc2cc(C(=O)NCCC[NH+](C)C)n(C)c2)n1.Cn1ccnc1C(=O)NCCC(=O)Nc1cn(C)c(C(=O)NCCNC(=O)C2CCCC2)n1.[Fe]. The van der Waals surface area contributed by atoms with Gasteiger partial charge in [-0.3, -0.25) is 43.2 Å². The van der Waals surface area contributed by atoms with Crippen LogP contribution in [0.15, 0.2) is 49.3 Å². The second kappa shape index (κ2) is 30.6. The molecule has 26 heteroatoms. The molecule has 5 aromatic rings. The van der Waals surface area contributed by atoms with Gasteiger partial charge in [0.05, 0.1) is 44.1 Å². The molecule has 0 unspecified atom stereocenters. The number of hydrogen-bond donors (Lipinski definition) is 8. The van der Waals surface area contributed by atoms with Crippen molar-refractivity contribution in [2.75, 3.05) is 64.0 Å². The predicted octanol–water partition coefficient (Wildman–Crippen LogP) is 0.793. The minimum absolute atomic E-state index is 0. The molecule has 0 bridgehead atoms. The van der Waals surface area contributed by atoms with Crippen LogP contribution in [0.2, 0.25) is 0 Å². The molecule has 2 aliphatic rings. The van der Waals surface area contributed by atoms with Crippen LogP contribution in [0.3, 0.4) is 0 Å². The number of quaternary nitrogens is 1. The van der Waals surface area contributed by atoms with Gasteiger partial charge in [0.25, 0.3) is 17.7 Å². The third kappa shape index (κ3) is 18.7. The van der Waals surface area contributed by atoms with Crippen LogP contribution < -0.4 is 42.1 Å². The third-order valence-electron chi connectivity index (χ3n) is 13.7. The summed E-state index contributed by atoms with van der Waals surface area (Å²) in [7, 11) is 12.7. The van der Waals surface area contributed by atoms with Gasteiger partial charge in [0.1, 0.15) is 5.69 Å². The average Bonchev–Trinajstić information content (AvgIpc) is 4.27. The summed E-state index contributed by atoms with van der Waals surface area (Å²) in [6, 6.07) is 3.33. The molecule has 7 rings (SSSR count). The minimum Gasteiger partial charge on any atom is -0.355 e. The number of imidazole rings is 3. The number of amides is 7. The maximum absolute atomic E-state index is 13.2. The number of carbonyl (C=O) groups excluding carboxylic acids is 9. The van der Waals surface area contributed by atoms with Crippen LogP contribution in [0, 0.1) is 11.8 Å². The van der Waals surface area contributed by atoms with Crippen LogP contribution in [-0.2, 0) is 84.3 Å². The van der Waals surface area contributed by atoms with Gasteiger partial charge in [0, 0.05) is 160 Å². The van der Waals surface area contributed by atoms with Crippen LogP contribution in [0.25, 0.3) is 0 Å². The standard InChI is InChI=1S/C33H46N8O5.C21H30N8O4.Fe/c1-38(2)14-8-12-34-33(46)27-15-22(19-39(27)3)16-29(43)31-37-25(21-41(31)5)18-28(42)26-17-24(20-40(26)4)36-30(44)11-13-35-32(45)23-9-6-7-10-23;1-28-12-11-22-17(28)20(32)23-8-7-16(30)26-15-13-29(2)18(27-15)21(33)25-10-9-24-19(31)14-5-3-4-6-14;/h15,17,19-21,23H,6-14,16,18H2,1-5H3,(H,34,46)(H,35,45)(H,36,44);11-14H,3-10H2,1-2H3,(H,23,32)(H,24,31)(H,25,33)(H,26,30);/p+1. The first-order valence-corrected chi connectivity index (χ1v) is 27.0. The Morgan fingerprint density at radius 2 is 1.11 bits per heavy atom. The van der Waals surface area contributed by atoms with Crippen molar-refractivity contribution in [2.24, 2.45) is 47.1 Å². The van der Waals surface area contributed by atoms with E-state index in [-0.39, 0.29) is 145 Å². The van der Waals surface area contributed by atoms with E-state index >= 15 is 0 Å². The Bertz CT molecular complexity index is 2970. The molecule has 2 saturated carbocycles. The Hall–Kier alpha value is -7.70. The van der Waals surface area contributed by atoms with Gasteiger partial charge in [-0.25, -0.2) is 15.0 Å². The van der Waals surface area contributed by atoms with Crippen molar-refractivity contribution in [1.82, 2.24) is 64.4 Å². The van der Waals surface area contributed by atoms with E-state index in [0.717, 1.165) is 64.3 Å². The summed E-state index contributed by atoms with van der Waals surface area (Å²) in [6.07, 6.45) is 18.9. The predicted molar refractivity (Wildman–Crippen MR) is 292 cm³/mol. The Balaban J connectivity index is 0.000000306. The van der Waals surface area contributed by atoms with Crippen LogP contribution >= 0.6 is 0 Å². The zero-order valence-electron chi connectivity index (χ0n) is 46.8. The number of Topliss-reactive ketones (excluding diaryl/α,β-unsaturated/α-hetero) is 2. The molecule has 0 spiro atoms. The second-order valence-electron chi connectivity index (χ2n) is 20.6. The molecule has 0 aliphatic heterocycles. The number of carbonyl (C=O) groups is 9. The summed E-state index contributed by atoms with van der Waals surface area (Å²) >= 11 is 0. The van der Waals surface area contributed by atoms with E-state index in [4.69, 9.17) is 0 Å². The smallest absolute Gasteiger partial charge is 0.287 e. The Morgan fingerprint density at radius 1 is 0.550 bits per heavy atom. The van der Waals surface area contributed by atoms with E-state index in [2.05, 4.69) is 66.3 Å². The molecule has 434 valence electrons. The zero-order chi connectivity index (χ0) is 57.2. The van der Waals surface area contributed by atoms with Gasteiger partial charge in [-0.2, -0.15) is 0 Å². The number of ketones is 2. The fourth-order valence-corrected chi connectivity index (χ4v) is 9.52. The summed E-state index contributed by atoms with van der Waals surface area (Å²) in [5.74, 6) is -0.953. The van der Waals surface area contributed by atoms with Crippen molar-refractivity contribution in [3.63, 3.8) is 0 Å². The first-order valence-electron chi connectivity index (χ1n) is 27.0. The van der Waals surface area contributed by atoms with Gasteiger partial charge in [0.15, 0.2) is 23.2 Å². The molecule has 0 radical (unpaired) electrons. The van der Waals surface area contributed by atoms with Gasteiger partial charge >= 0.3 is 0 Å². The Kier molecular flexibility index (Phi) is 24.2. The normalized spacial score (nSPS) is 13.2.